The maximum Gasteiger partial charge on any atom is 0.419 e. The van der Waals surface area contributed by atoms with Gasteiger partial charge in [-0.2, -0.15) is 18.2 Å². The van der Waals surface area contributed by atoms with Gasteiger partial charge in [0.2, 0.25) is 5.95 Å². The molecular weight excluding hydrogens is 388 g/mol. The molecular formula is C16H13ClF4N6. The van der Waals surface area contributed by atoms with Crippen molar-refractivity contribution in [3.8, 4) is 11.4 Å². The largest absolute Gasteiger partial charge is 0.419 e. The van der Waals surface area contributed by atoms with Crippen molar-refractivity contribution in [2.45, 2.75) is 12.7 Å². The first-order valence-corrected chi connectivity index (χ1v) is 8.06. The van der Waals surface area contributed by atoms with E-state index in [2.05, 4.69) is 20.4 Å². The molecule has 3 N–H and O–H groups in total. The van der Waals surface area contributed by atoms with E-state index in [4.69, 9.17) is 17.3 Å². The Hall–Kier alpha value is -2.72. The Balaban J connectivity index is 1.96. The van der Waals surface area contributed by atoms with Crippen molar-refractivity contribution in [3.05, 3.63) is 53.1 Å². The smallest absolute Gasteiger partial charge is 0.329 e. The number of rotatable bonds is 5. The summed E-state index contributed by atoms with van der Waals surface area (Å²) < 4.78 is 53.5. The van der Waals surface area contributed by atoms with Crippen LogP contribution in [-0.4, -0.2) is 26.3 Å². The van der Waals surface area contributed by atoms with Crippen LogP contribution in [0.2, 0.25) is 5.15 Å². The van der Waals surface area contributed by atoms with Crippen LogP contribution >= 0.6 is 11.6 Å². The second-order valence-corrected chi connectivity index (χ2v) is 5.84. The Kier molecular flexibility index (Phi) is 5.29. The van der Waals surface area contributed by atoms with Gasteiger partial charge in [0.15, 0.2) is 5.82 Å². The second kappa shape index (κ2) is 7.49. The van der Waals surface area contributed by atoms with Gasteiger partial charge in [0.05, 0.1) is 12.1 Å². The summed E-state index contributed by atoms with van der Waals surface area (Å²) in [4.78, 5) is 8.16. The topological polar surface area (TPSA) is 81.7 Å². The summed E-state index contributed by atoms with van der Waals surface area (Å²) in [6.07, 6.45) is -3.32. The Morgan fingerprint density at radius 3 is 2.63 bits per heavy atom. The number of pyridine rings is 1. The normalized spacial score (nSPS) is 11.6. The van der Waals surface area contributed by atoms with Crippen LogP contribution in [-0.2, 0) is 12.7 Å². The molecule has 1 aromatic carbocycles. The van der Waals surface area contributed by atoms with E-state index in [1.807, 2.05) is 0 Å². The highest BCUT2D eigenvalue weighted by Gasteiger charge is 2.34. The molecule has 0 aliphatic carbocycles. The number of alkyl halides is 3. The monoisotopic (exact) mass is 400 g/mol. The first-order chi connectivity index (χ1) is 12.8. The Bertz CT molecular complexity index is 956. The van der Waals surface area contributed by atoms with Crippen molar-refractivity contribution in [1.82, 2.24) is 19.7 Å². The highest BCUT2D eigenvalue weighted by atomic mass is 35.5. The molecule has 3 rings (SSSR count). The van der Waals surface area contributed by atoms with Crippen LogP contribution in [0.25, 0.3) is 11.4 Å². The lowest BCUT2D eigenvalue weighted by molar-refractivity contribution is -0.139. The van der Waals surface area contributed by atoms with Gasteiger partial charge in [-0.3, -0.25) is 0 Å². The molecule has 0 saturated heterocycles. The number of hydrogen-bond acceptors (Lipinski definition) is 5. The number of nitrogens with one attached hydrogen (secondary N) is 1. The maximum atomic E-state index is 13.4. The molecule has 0 aliphatic rings. The summed E-state index contributed by atoms with van der Waals surface area (Å²) >= 11 is 5.88. The Labute approximate surface area is 156 Å². The molecule has 3 aromatic rings. The van der Waals surface area contributed by atoms with Crippen LogP contribution in [0.15, 0.2) is 36.5 Å². The Morgan fingerprint density at radius 1 is 1.19 bits per heavy atom. The minimum absolute atomic E-state index is 0.00654. The molecule has 11 heteroatoms. The third-order valence-corrected chi connectivity index (χ3v) is 3.73. The summed E-state index contributed by atoms with van der Waals surface area (Å²) in [6.45, 7) is 0.588. The predicted molar refractivity (Wildman–Crippen MR) is 92.0 cm³/mol. The summed E-state index contributed by atoms with van der Waals surface area (Å²) in [6, 6.07) is 5.78. The molecule has 0 bridgehead atoms. The van der Waals surface area contributed by atoms with Crippen molar-refractivity contribution in [2.75, 3.05) is 11.9 Å². The minimum atomic E-state index is -4.81. The zero-order valence-electron chi connectivity index (χ0n) is 13.6. The van der Waals surface area contributed by atoms with Gasteiger partial charge in [-0.15, -0.1) is 5.10 Å². The van der Waals surface area contributed by atoms with Gasteiger partial charge in [-0.05, 0) is 30.3 Å². The van der Waals surface area contributed by atoms with Crippen LogP contribution in [0.4, 0.5) is 29.2 Å². The van der Waals surface area contributed by atoms with Crippen molar-refractivity contribution >= 4 is 23.2 Å². The van der Waals surface area contributed by atoms with E-state index in [0.717, 1.165) is 12.1 Å². The standard InChI is InChI=1S/C16H13ClF4N6/c17-13-7-9(3-5-23-13)14-25-15(26-27(14)6-4-22)24-10-1-2-12(18)11(8-10)16(19,20)21/h1-3,5,7-8H,4,6,22H2,(H,24,26). The van der Waals surface area contributed by atoms with Gasteiger partial charge in [-0.25, -0.2) is 14.1 Å². The van der Waals surface area contributed by atoms with Crippen molar-refractivity contribution in [3.63, 3.8) is 0 Å². The van der Waals surface area contributed by atoms with E-state index in [-0.39, 0.29) is 23.3 Å². The van der Waals surface area contributed by atoms with E-state index in [1.165, 1.54) is 10.9 Å². The highest BCUT2D eigenvalue weighted by molar-refractivity contribution is 6.29. The number of halogens is 5. The van der Waals surface area contributed by atoms with Crippen LogP contribution in [0.5, 0.6) is 0 Å². The SMILES string of the molecule is NCCn1nc(Nc2ccc(F)c(C(F)(F)F)c2)nc1-c1ccnc(Cl)c1. The first kappa shape index (κ1) is 19.1. The van der Waals surface area contributed by atoms with Gasteiger partial charge in [0, 0.05) is 24.0 Å². The average Bonchev–Trinajstić information content (AvgIpc) is 2.98. The van der Waals surface area contributed by atoms with Gasteiger partial charge in [0.1, 0.15) is 11.0 Å². The van der Waals surface area contributed by atoms with Crippen LogP contribution < -0.4 is 11.1 Å². The summed E-state index contributed by atoms with van der Waals surface area (Å²) in [7, 11) is 0. The fraction of sp³-hybridized carbons (Fsp3) is 0.188. The molecule has 0 atom stereocenters. The summed E-state index contributed by atoms with van der Waals surface area (Å²) in [5, 5.41) is 7.09. The molecule has 27 heavy (non-hydrogen) atoms. The average molecular weight is 401 g/mol. The lowest BCUT2D eigenvalue weighted by Crippen LogP contribution is -2.12. The van der Waals surface area contributed by atoms with Crippen LogP contribution in [0, 0.1) is 5.82 Å². The quantitative estimate of drug-likeness (QED) is 0.502. The van der Waals surface area contributed by atoms with Gasteiger partial charge >= 0.3 is 6.18 Å². The van der Waals surface area contributed by atoms with Gasteiger partial charge in [0.25, 0.3) is 0 Å². The summed E-state index contributed by atoms with van der Waals surface area (Å²) in [5.41, 5.74) is 4.79. The molecule has 2 heterocycles. The number of anilines is 2. The fourth-order valence-electron chi connectivity index (χ4n) is 2.38. The number of nitrogens with zero attached hydrogens (tertiary/aromatic N) is 4. The Morgan fingerprint density at radius 2 is 1.96 bits per heavy atom. The van der Waals surface area contributed by atoms with Crippen LogP contribution in [0.1, 0.15) is 5.56 Å². The fourth-order valence-corrected chi connectivity index (χ4v) is 2.55. The molecule has 6 nitrogen and oxygen atoms in total. The van der Waals surface area contributed by atoms with Crippen molar-refractivity contribution < 1.29 is 17.6 Å². The molecule has 2 aromatic heterocycles. The van der Waals surface area contributed by atoms with E-state index < -0.39 is 17.6 Å². The second-order valence-electron chi connectivity index (χ2n) is 5.46. The van der Waals surface area contributed by atoms with Crippen LogP contribution in [0.3, 0.4) is 0 Å². The van der Waals surface area contributed by atoms with Gasteiger partial charge < -0.3 is 11.1 Å². The van der Waals surface area contributed by atoms with Crippen molar-refractivity contribution in [2.24, 2.45) is 5.73 Å². The molecule has 0 fully saturated rings. The molecule has 0 aliphatic heterocycles. The molecule has 0 saturated carbocycles. The first-order valence-electron chi connectivity index (χ1n) is 7.68. The number of nitrogens with two attached hydrogens (primary N) is 1. The predicted octanol–water partition coefficient (Wildman–Crippen LogP) is 3.85. The number of hydrogen-bond donors (Lipinski definition) is 2. The molecule has 0 spiro atoms. The van der Waals surface area contributed by atoms with Crippen molar-refractivity contribution in [1.29, 1.82) is 0 Å². The van der Waals surface area contributed by atoms with E-state index >= 15 is 0 Å². The minimum Gasteiger partial charge on any atom is -0.329 e. The lowest BCUT2D eigenvalue weighted by atomic mass is 10.2. The zero-order valence-corrected chi connectivity index (χ0v) is 14.4. The molecule has 142 valence electrons. The molecule has 0 amide bonds. The number of benzene rings is 1. The maximum absolute atomic E-state index is 13.4. The zero-order chi connectivity index (χ0) is 19.6. The molecule has 0 unspecified atom stereocenters. The molecule has 0 radical (unpaired) electrons. The third kappa shape index (κ3) is 4.34. The highest BCUT2D eigenvalue weighted by Crippen LogP contribution is 2.33. The lowest BCUT2D eigenvalue weighted by Gasteiger charge is -2.10. The van der Waals surface area contributed by atoms with Gasteiger partial charge in [-0.1, -0.05) is 11.6 Å². The number of aromatic nitrogens is 4. The van der Waals surface area contributed by atoms with E-state index in [1.54, 1.807) is 12.1 Å². The van der Waals surface area contributed by atoms with E-state index in [0.29, 0.717) is 24.0 Å². The summed E-state index contributed by atoms with van der Waals surface area (Å²) in [5.74, 6) is -0.918. The van der Waals surface area contributed by atoms with E-state index in [9.17, 15) is 17.6 Å². The third-order valence-electron chi connectivity index (χ3n) is 3.53.